The highest BCUT2D eigenvalue weighted by molar-refractivity contribution is 6.08. The fourth-order valence-electron chi connectivity index (χ4n) is 3.38. The van der Waals surface area contributed by atoms with Gasteiger partial charge in [0.05, 0.1) is 12.3 Å². The number of fused-ring (bicyclic) bond motifs is 3. The molecule has 1 amide bonds. The SMILES string of the molecule is CCOc1ccccc1NC(=O)COC(=O)c1oc2c(ccc3ccccc32)c1C. The maximum atomic E-state index is 12.6. The molecule has 0 saturated heterocycles. The van der Waals surface area contributed by atoms with Gasteiger partial charge < -0.3 is 19.2 Å². The minimum Gasteiger partial charge on any atom is -0.492 e. The number of nitrogens with one attached hydrogen (secondary N) is 1. The Hall–Kier alpha value is -3.80. The molecular weight excluding hydrogens is 382 g/mol. The molecule has 0 aliphatic heterocycles. The number of esters is 1. The fourth-order valence-corrected chi connectivity index (χ4v) is 3.38. The molecule has 0 unspecified atom stereocenters. The van der Waals surface area contributed by atoms with Gasteiger partial charge in [0.15, 0.2) is 6.61 Å². The molecule has 1 aromatic heterocycles. The van der Waals surface area contributed by atoms with Gasteiger partial charge in [-0.2, -0.15) is 0 Å². The molecule has 0 atom stereocenters. The molecule has 4 aromatic rings. The summed E-state index contributed by atoms with van der Waals surface area (Å²) >= 11 is 0. The normalized spacial score (nSPS) is 10.9. The van der Waals surface area contributed by atoms with Crippen LogP contribution in [0, 0.1) is 6.92 Å². The molecule has 0 spiro atoms. The predicted molar refractivity (Wildman–Crippen MR) is 115 cm³/mol. The number of carbonyl (C=O) groups excluding carboxylic acids is 2. The smallest absolute Gasteiger partial charge is 0.375 e. The Balaban J connectivity index is 1.49. The molecule has 0 fully saturated rings. The number of hydrogen-bond acceptors (Lipinski definition) is 5. The Morgan fingerprint density at radius 2 is 1.73 bits per heavy atom. The Morgan fingerprint density at radius 1 is 0.967 bits per heavy atom. The van der Waals surface area contributed by atoms with Gasteiger partial charge in [-0.3, -0.25) is 4.79 Å². The standard InChI is InChI=1S/C24H21NO5/c1-3-28-20-11-7-6-10-19(20)25-21(26)14-29-24(27)22-15(2)17-13-12-16-8-4-5-9-18(16)23(17)30-22/h4-13H,3,14H2,1-2H3,(H,25,26). The van der Waals surface area contributed by atoms with Crippen molar-refractivity contribution in [3.8, 4) is 5.75 Å². The second kappa shape index (κ2) is 8.29. The summed E-state index contributed by atoms with van der Waals surface area (Å²) in [6.07, 6.45) is 0. The van der Waals surface area contributed by atoms with Crippen LogP contribution in [0.15, 0.2) is 65.1 Å². The molecular formula is C24H21NO5. The summed E-state index contributed by atoms with van der Waals surface area (Å²) < 4.78 is 16.5. The molecule has 0 aliphatic carbocycles. The molecule has 1 heterocycles. The molecule has 0 bridgehead atoms. The molecule has 0 saturated carbocycles. The van der Waals surface area contributed by atoms with E-state index in [1.807, 2.05) is 49.4 Å². The van der Waals surface area contributed by atoms with Gasteiger partial charge in [0.1, 0.15) is 11.3 Å². The van der Waals surface area contributed by atoms with Crippen molar-refractivity contribution < 1.29 is 23.5 Å². The van der Waals surface area contributed by atoms with Crippen molar-refractivity contribution in [1.29, 1.82) is 0 Å². The molecule has 30 heavy (non-hydrogen) atoms. The van der Waals surface area contributed by atoms with Gasteiger partial charge in [-0.05, 0) is 31.4 Å². The summed E-state index contributed by atoms with van der Waals surface area (Å²) in [7, 11) is 0. The number of rotatable bonds is 6. The number of para-hydroxylation sites is 2. The van der Waals surface area contributed by atoms with Crippen LogP contribution in [0.5, 0.6) is 5.75 Å². The lowest BCUT2D eigenvalue weighted by atomic mass is 10.1. The molecule has 6 nitrogen and oxygen atoms in total. The van der Waals surface area contributed by atoms with E-state index in [0.717, 1.165) is 16.2 Å². The van der Waals surface area contributed by atoms with E-state index in [1.165, 1.54) is 0 Å². The molecule has 4 rings (SSSR count). The van der Waals surface area contributed by atoms with E-state index in [2.05, 4.69) is 5.32 Å². The predicted octanol–water partition coefficient (Wildman–Crippen LogP) is 5.09. The van der Waals surface area contributed by atoms with Crippen molar-refractivity contribution in [2.24, 2.45) is 0 Å². The third-order valence-electron chi connectivity index (χ3n) is 4.81. The quantitative estimate of drug-likeness (QED) is 0.454. The maximum absolute atomic E-state index is 12.6. The summed E-state index contributed by atoms with van der Waals surface area (Å²) in [5, 5.41) is 5.48. The lowest BCUT2D eigenvalue weighted by Gasteiger charge is -2.11. The van der Waals surface area contributed by atoms with Crippen LogP contribution >= 0.6 is 0 Å². The molecule has 152 valence electrons. The van der Waals surface area contributed by atoms with Crippen molar-refractivity contribution in [2.75, 3.05) is 18.5 Å². The largest absolute Gasteiger partial charge is 0.492 e. The van der Waals surface area contributed by atoms with E-state index >= 15 is 0 Å². The van der Waals surface area contributed by atoms with Gasteiger partial charge in [0.2, 0.25) is 5.76 Å². The third kappa shape index (κ3) is 3.72. The maximum Gasteiger partial charge on any atom is 0.375 e. The molecule has 3 aromatic carbocycles. The monoisotopic (exact) mass is 403 g/mol. The number of ether oxygens (including phenoxy) is 2. The van der Waals surface area contributed by atoms with Crippen LogP contribution < -0.4 is 10.1 Å². The van der Waals surface area contributed by atoms with Crippen molar-refractivity contribution >= 4 is 39.3 Å². The third-order valence-corrected chi connectivity index (χ3v) is 4.81. The summed E-state index contributed by atoms with van der Waals surface area (Å²) in [6, 6.07) is 18.8. The second-order valence-electron chi connectivity index (χ2n) is 6.77. The van der Waals surface area contributed by atoms with Crippen LogP contribution in [0.2, 0.25) is 0 Å². The van der Waals surface area contributed by atoms with E-state index < -0.39 is 18.5 Å². The molecule has 6 heteroatoms. The average Bonchev–Trinajstić information content (AvgIpc) is 3.11. The number of carbonyl (C=O) groups is 2. The van der Waals surface area contributed by atoms with Crippen molar-refractivity contribution in [2.45, 2.75) is 13.8 Å². The van der Waals surface area contributed by atoms with Gasteiger partial charge in [0.25, 0.3) is 5.91 Å². The zero-order chi connectivity index (χ0) is 21.1. The first-order valence-electron chi connectivity index (χ1n) is 9.68. The minimum atomic E-state index is -0.680. The van der Waals surface area contributed by atoms with E-state index in [4.69, 9.17) is 13.9 Å². The number of aryl methyl sites for hydroxylation is 1. The number of furan rings is 1. The summed E-state index contributed by atoms with van der Waals surface area (Å²) in [5.74, 6) is -0.487. The second-order valence-corrected chi connectivity index (χ2v) is 6.77. The van der Waals surface area contributed by atoms with E-state index in [-0.39, 0.29) is 5.76 Å². The van der Waals surface area contributed by atoms with Gasteiger partial charge in [0, 0.05) is 16.3 Å². The van der Waals surface area contributed by atoms with Crippen LogP contribution in [0.25, 0.3) is 21.7 Å². The molecule has 1 N–H and O–H groups in total. The lowest BCUT2D eigenvalue weighted by molar-refractivity contribution is -0.119. The number of anilines is 1. The minimum absolute atomic E-state index is 0.101. The lowest BCUT2D eigenvalue weighted by Crippen LogP contribution is -2.21. The Labute approximate surface area is 173 Å². The molecule has 0 aliphatic rings. The van der Waals surface area contributed by atoms with Gasteiger partial charge in [-0.25, -0.2) is 4.79 Å². The highest BCUT2D eigenvalue weighted by Gasteiger charge is 2.21. The van der Waals surface area contributed by atoms with Crippen LogP contribution in [0.4, 0.5) is 5.69 Å². The number of benzene rings is 3. The average molecular weight is 403 g/mol. The van der Waals surface area contributed by atoms with Gasteiger partial charge in [-0.15, -0.1) is 0 Å². The first kappa shape index (κ1) is 19.5. The highest BCUT2D eigenvalue weighted by Crippen LogP contribution is 2.32. The van der Waals surface area contributed by atoms with Crippen molar-refractivity contribution in [3.63, 3.8) is 0 Å². The summed E-state index contributed by atoms with van der Waals surface area (Å²) in [5.41, 5.74) is 1.84. The summed E-state index contributed by atoms with van der Waals surface area (Å²) in [4.78, 5) is 24.8. The zero-order valence-corrected chi connectivity index (χ0v) is 16.7. The van der Waals surface area contributed by atoms with Crippen LogP contribution in [-0.2, 0) is 9.53 Å². The van der Waals surface area contributed by atoms with E-state index in [9.17, 15) is 9.59 Å². The van der Waals surface area contributed by atoms with Crippen LogP contribution in [0.1, 0.15) is 23.0 Å². The van der Waals surface area contributed by atoms with Gasteiger partial charge >= 0.3 is 5.97 Å². The molecule has 0 radical (unpaired) electrons. The first-order valence-corrected chi connectivity index (χ1v) is 9.68. The Bertz CT molecular complexity index is 1240. The van der Waals surface area contributed by atoms with Gasteiger partial charge in [-0.1, -0.05) is 48.5 Å². The van der Waals surface area contributed by atoms with E-state index in [0.29, 0.717) is 29.2 Å². The topological polar surface area (TPSA) is 77.8 Å². The Kier molecular flexibility index (Phi) is 5.39. The van der Waals surface area contributed by atoms with Crippen molar-refractivity contribution in [3.05, 3.63) is 72.0 Å². The van der Waals surface area contributed by atoms with Crippen molar-refractivity contribution in [1.82, 2.24) is 0 Å². The highest BCUT2D eigenvalue weighted by atomic mass is 16.5. The van der Waals surface area contributed by atoms with E-state index in [1.54, 1.807) is 25.1 Å². The fraction of sp³-hybridized carbons (Fsp3) is 0.167. The number of amides is 1. The first-order chi connectivity index (χ1) is 14.6. The number of hydrogen-bond donors (Lipinski definition) is 1. The van der Waals surface area contributed by atoms with Crippen LogP contribution in [-0.4, -0.2) is 25.1 Å². The summed E-state index contributed by atoms with van der Waals surface area (Å²) in [6.45, 7) is 3.70. The zero-order valence-electron chi connectivity index (χ0n) is 16.7. The van der Waals surface area contributed by atoms with Crippen LogP contribution in [0.3, 0.4) is 0 Å². The Morgan fingerprint density at radius 3 is 2.57 bits per heavy atom.